The van der Waals surface area contributed by atoms with Crippen LogP contribution in [0, 0.1) is 0 Å². The fraction of sp³-hybridized carbons (Fsp3) is 0.100. The van der Waals surface area contributed by atoms with Gasteiger partial charge in [-0.25, -0.2) is 0 Å². The van der Waals surface area contributed by atoms with Crippen LogP contribution >= 0.6 is 22.9 Å². The predicted octanol–water partition coefficient (Wildman–Crippen LogP) is 2.70. The average molecular weight is 267 g/mol. The Morgan fingerprint density at radius 3 is 3.12 bits per heavy atom. The molecule has 0 unspecified atom stereocenters. The lowest BCUT2D eigenvalue weighted by Gasteiger charge is -1.93. The second-order valence-corrected chi connectivity index (χ2v) is 4.60. The fourth-order valence-corrected chi connectivity index (χ4v) is 2.18. The molecular weight excluding hydrogens is 260 g/mol. The Morgan fingerprint density at radius 1 is 1.47 bits per heavy atom. The molecule has 3 heterocycles. The van der Waals surface area contributed by atoms with Crippen LogP contribution in [0.4, 0.5) is 0 Å². The van der Waals surface area contributed by atoms with Gasteiger partial charge in [0.2, 0.25) is 11.7 Å². The van der Waals surface area contributed by atoms with Gasteiger partial charge in [0.1, 0.15) is 6.54 Å². The van der Waals surface area contributed by atoms with E-state index in [1.807, 2.05) is 16.8 Å². The van der Waals surface area contributed by atoms with Gasteiger partial charge in [0.15, 0.2) is 0 Å². The smallest absolute Gasteiger partial charge is 0.248 e. The lowest BCUT2D eigenvalue weighted by molar-refractivity contribution is 0.366. The van der Waals surface area contributed by atoms with Crippen LogP contribution in [0.5, 0.6) is 0 Å². The molecule has 0 spiro atoms. The van der Waals surface area contributed by atoms with Crippen molar-refractivity contribution in [2.45, 2.75) is 6.54 Å². The van der Waals surface area contributed by atoms with Gasteiger partial charge in [-0.15, -0.1) is 0 Å². The molecule has 17 heavy (non-hydrogen) atoms. The van der Waals surface area contributed by atoms with Gasteiger partial charge in [-0.1, -0.05) is 16.8 Å². The first-order valence-electron chi connectivity index (χ1n) is 4.84. The third kappa shape index (κ3) is 2.22. The fourth-order valence-electron chi connectivity index (χ4n) is 1.39. The summed E-state index contributed by atoms with van der Waals surface area (Å²) in [5.41, 5.74) is 0.962. The Morgan fingerprint density at radius 2 is 2.41 bits per heavy atom. The summed E-state index contributed by atoms with van der Waals surface area (Å²) in [6.07, 6.45) is 3.27. The Hall–Kier alpha value is -1.66. The molecule has 0 aliphatic carbocycles. The summed E-state index contributed by atoms with van der Waals surface area (Å²) in [4.78, 5) is 4.28. The largest absolute Gasteiger partial charge is 0.337 e. The molecule has 0 aromatic carbocycles. The third-order valence-corrected chi connectivity index (χ3v) is 3.02. The Kier molecular flexibility index (Phi) is 2.66. The maximum Gasteiger partial charge on any atom is 0.248 e. The highest BCUT2D eigenvalue weighted by Crippen LogP contribution is 2.18. The van der Waals surface area contributed by atoms with Gasteiger partial charge in [-0.05, 0) is 11.4 Å². The van der Waals surface area contributed by atoms with E-state index < -0.39 is 0 Å². The van der Waals surface area contributed by atoms with Crippen molar-refractivity contribution in [2.24, 2.45) is 0 Å². The van der Waals surface area contributed by atoms with E-state index in [2.05, 4.69) is 15.2 Å². The second-order valence-electron chi connectivity index (χ2n) is 3.38. The van der Waals surface area contributed by atoms with Crippen LogP contribution in [0.15, 0.2) is 33.7 Å². The van der Waals surface area contributed by atoms with Gasteiger partial charge in [0, 0.05) is 17.1 Å². The van der Waals surface area contributed by atoms with Crippen molar-refractivity contribution >= 4 is 22.9 Å². The molecule has 0 saturated carbocycles. The number of aromatic nitrogens is 4. The van der Waals surface area contributed by atoms with Crippen LogP contribution in [0.25, 0.3) is 11.4 Å². The number of rotatable bonds is 3. The summed E-state index contributed by atoms with van der Waals surface area (Å²) in [6.45, 7) is 0.420. The number of hydrogen-bond acceptors (Lipinski definition) is 5. The molecule has 0 radical (unpaired) electrons. The van der Waals surface area contributed by atoms with Crippen LogP contribution < -0.4 is 0 Å². The zero-order valence-corrected chi connectivity index (χ0v) is 10.1. The molecule has 0 aliphatic heterocycles. The molecule has 5 nitrogen and oxygen atoms in total. The normalized spacial score (nSPS) is 10.9. The summed E-state index contributed by atoms with van der Waals surface area (Å²) in [5, 5.41) is 12.5. The quantitative estimate of drug-likeness (QED) is 0.731. The first-order valence-corrected chi connectivity index (χ1v) is 6.16. The molecule has 3 aromatic rings. The molecular formula is C10H7ClN4OS. The second kappa shape index (κ2) is 4.31. The van der Waals surface area contributed by atoms with Gasteiger partial charge in [-0.3, -0.25) is 4.68 Å². The number of halogens is 1. The van der Waals surface area contributed by atoms with E-state index in [0.29, 0.717) is 23.3 Å². The van der Waals surface area contributed by atoms with Crippen molar-refractivity contribution in [3.05, 3.63) is 40.1 Å². The summed E-state index contributed by atoms with van der Waals surface area (Å²) in [5.74, 6) is 1.10. The van der Waals surface area contributed by atoms with Crippen molar-refractivity contribution in [2.75, 3.05) is 0 Å². The third-order valence-electron chi connectivity index (χ3n) is 2.15. The van der Waals surface area contributed by atoms with E-state index >= 15 is 0 Å². The van der Waals surface area contributed by atoms with E-state index in [4.69, 9.17) is 16.1 Å². The van der Waals surface area contributed by atoms with Crippen LogP contribution in [0.1, 0.15) is 5.89 Å². The SMILES string of the molecule is Clc1cnn(Cc2nc(-c3ccsc3)no2)c1. The molecule has 0 N–H and O–H groups in total. The van der Waals surface area contributed by atoms with E-state index in [9.17, 15) is 0 Å². The van der Waals surface area contributed by atoms with E-state index in [1.165, 1.54) is 0 Å². The monoisotopic (exact) mass is 266 g/mol. The summed E-state index contributed by atoms with van der Waals surface area (Å²) in [7, 11) is 0. The number of hydrogen-bond donors (Lipinski definition) is 0. The maximum atomic E-state index is 5.76. The van der Waals surface area contributed by atoms with E-state index in [0.717, 1.165) is 5.56 Å². The highest BCUT2D eigenvalue weighted by Gasteiger charge is 2.09. The highest BCUT2D eigenvalue weighted by atomic mass is 35.5. The Labute approximate surface area is 106 Å². The Balaban J connectivity index is 1.81. The van der Waals surface area contributed by atoms with Gasteiger partial charge in [0.05, 0.1) is 11.2 Å². The summed E-state index contributed by atoms with van der Waals surface area (Å²) in [6, 6.07) is 1.95. The zero-order chi connectivity index (χ0) is 11.7. The number of nitrogens with zero attached hydrogens (tertiary/aromatic N) is 4. The van der Waals surface area contributed by atoms with E-state index in [-0.39, 0.29) is 0 Å². The molecule has 0 aliphatic rings. The zero-order valence-electron chi connectivity index (χ0n) is 8.58. The molecule has 86 valence electrons. The van der Waals surface area contributed by atoms with Crippen LogP contribution in [-0.4, -0.2) is 19.9 Å². The molecule has 0 atom stereocenters. The van der Waals surface area contributed by atoms with Crippen LogP contribution in [0.3, 0.4) is 0 Å². The molecule has 3 rings (SSSR count). The van der Waals surface area contributed by atoms with Crippen molar-refractivity contribution in [1.82, 2.24) is 19.9 Å². The average Bonchev–Trinajstić information content (AvgIpc) is 3.00. The van der Waals surface area contributed by atoms with Gasteiger partial charge in [0.25, 0.3) is 0 Å². The minimum atomic E-state index is 0.420. The molecule has 0 saturated heterocycles. The lowest BCUT2D eigenvalue weighted by atomic mass is 10.3. The first kappa shape index (κ1) is 10.5. The Bertz CT molecular complexity index is 616. The molecule has 3 aromatic heterocycles. The lowest BCUT2D eigenvalue weighted by Crippen LogP contribution is -1.99. The number of thiophene rings is 1. The molecule has 0 amide bonds. The first-order chi connectivity index (χ1) is 8.31. The summed E-state index contributed by atoms with van der Waals surface area (Å²) < 4.78 is 6.79. The van der Waals surface area contributed by atoms with Gasteiger partial charge in [-0.2, -0.15) is 21.4 Å². The minimum absolute atomic E-state index is 0.420. The summed E-state index contributed by atoms with van der Waals surface area (Å²) >= 11 is 7.36. The van der Waals surface area contributed by atoms with E-state index in [1.54, 1.807) is 28.4 Å². The van der Waals surface area contributed by atoms with Gasteiger partial charge >= 0.3 is 0 Å². The molecule has 7 heteroatoms. The van der Waals surface area contributed by atoms with Gasteiger partial charge < -0.3 is 4.52 Å². The standard InChI is InChI=1S/C10H7ClN4OS/c11-8-3-12-15(4-8)5-9-13-10(14-16-9)7-1-2-17-6-7/h1-4,6H,5H2. The molecule has 0 fully saturated rings. The minimum Gasteiger partial charge on any atom is -0.337 e. The predicted molar refractivity (Wildman–Crippen MR) is 64.0 cm³/mol. The van der Waals surface area contributed by atoms with Crippen LogP contribution in [-0.2, 0) is 6.54 Å². The van der Waals surface area contributed by atoms with Crippen LogP contribution in [0.2, 0.25) is 5.02 Å². The topological polar surface area (TPSA) is 56.7 Å². The van der Waals surface area contributed by atoms with Crippen molar-refractivity contribution in [3.8, 4) is 11.4 Å². The van der Waals surface area contributed by atoms with Crippen molar-refractivity contribution < 1.29 is 4.52 Å². The molecule has 0 bridgehead atoms. The maximum absolute atomic E-state index is 5.76. The van der Waals surface area contributed by atoms with Crippen molar-refractivity contribution in [1.29, 1.82) is 0 Å². The van der Waals surface area contributed by atoms with Crippen molar-refractivity contribution in [3.63, 3.8) is 0 Å². The highest BCUT2D eigenvalue weighted by molar-refractivity contribution is 7.08.